The number of fused-ring (bicyclic) bond motifs is 5. The Morgan fingerprint density at radius 3 is 2.41 bits per heavy atom. The predicted molar refractivity (Wildman–Crippen MR) is 153 cm³/mol. The predicted octanol–water partition coefficient (Wildman–Crippen LogP) is 7.27. The summed E-state index contributed by atoms with van der Waals surface area (Å²) in [6.07, 6.45) is 14.0. The molecule has 1 N–H and O–H groups in total. The molecule has 4 aliphatic carbocycles. The van der Waals surface area contributed by atoms with Crippen molar-refractivity contribution in [3.05, 3.63) is 35.9 Å². The van der Waals surface area contributed by atoms with E-state index in [-0.39, 0.29) is 11.8 Å². The molecule has 5 fully saturated rings. The van der Waals surface area contributed by atoms with E-state index >= 15 is 0 Å². The Bertz CT molecular complexity index is 958. The summed E-state index contributed by atoms with van der Waals surface area (Å²) in [5.74, 6) is 4.51. The van der Waals surface area contributed by atoms with Crippen LogP contribution in [0.5, 0.6) is 0 Å². The Morgan fingerprint density at radius 1 is 0.949 bits per heavy atom. The van der Waals surface area contributed by atoms with Gasteiger partial charge in [-0.3, -0.25) is 0 Å². The lowest BCUT2D eigenvalue weighted by molar-refractivity contribution is -0.229. The third kappa shape index (κ3) is 5.33. The van der Waals surface area contributed by atoms with Crippen molar-refractivity contribution in [2.45, 2.75) is 97.2 Å². The molecule has 0 bridgehead atoms. The maximum absolute atomic E-state index is 12.3. The topological polar surface area (TPSA) is 65.0 Å². The molecular weight excluding hydrogens is 488 g/mol. The molecule has 8 atom stereocenters. The van der Waals surface area contributed by atoms with Crippen LogP contribution in [0.4, 0.5) is 0 Å². The minimum Gasteiger partial charge on any atom is -0.462 e. The van der Waals surface area contributed by atoms with Crippen LogP contribution >= 0.6 is 0 Å². The van der Waals surface area contributed by atoms with Gasteiger partial charge in [0.25, 0.3) is 0 Å². The van der Waals surface area contributed by atoms with E-state index in [0.29, 0.717) is 28.9 Å². The van der Waals surface area contributed by atoms with E-state index in [9.17, 15) is 4.79 Å². The number of hydrogen-bond donors (Lipinski definition) is 1. The van der Waals surface area contributed by atoms with E-state index in [1.165, 1.54) is 44.9 Å². The minimum atomic E-state index is -0.247. The summed E-state index contributed by atoms with van der Waals surface area (Å²) in [5, 5.41) is 7.00. The monoisotopic (exact) mass is 540 g/mol. The van der Waals surface area contributed by atoms with Gasteiger partial charge in [-0.25, -0.2) is 4.79 Å². The summed E-state index contributed by atoms with van der Waals surface area (Å²) in [6.45, 7) is 9.87. The van der Waals surface area contributed by atoms with Gasteiger partial charge >= 0.3 is 5.97 Å². The molecule has 1 aliphatic heterocycles. The lowest BCUT2D eigenvalue weighted by Gasteiger charge is -2.62. The van der Waals surface area contributed by atoms with Gasteiger partial charge in [-0.15, -0.1) is 0 Å². The summed E-state index contributed by atoms with van der Waals surface area (Å²) in [7, 11) is 1.00. The zero-order chi connectivity index (χ0) is 27.7. The van der Waals surface area contributed by atoms with E-state index in [1.807, 2.05) is 30.3 Å². The van der Waals surface area contributed by atoms with Crippen molar-refractivity contribution in [1.82, 2.24) is 0 Å². The number of benzene rings is 1. The number of esters is 1. The molecule has 6 rings (SSSR count). The average molecular weight is 541 g/mol. The molecule has 39 heavy (non-hydrogen) atoms. The highest BCUT2D eigenvalue weighted by atomic mass is 16.7. The molecule has 0 amide bonds. The second-order valence-electron chi connectivity index (χ2n) is 13.8. The van der Waals surface area contributed by atoms with Crippen LogP contribution in [0.15, 0.2) is 30.3 Å². The van der Waals surface area contributed by atoms with Crippen LogP contribution in [0.3, 0.4) is 0 Å². The van der Waals surface area contributed by atoms with E-state index in [2.05, 4.69) is 20.8 Å². The molecule has 5 heteroatoms. The first-order chi connectivity index (χ1) is 18.8. The fourth-order valence-electron chi connectivity index (χ4n) is 10.4. The van der Waals surface area contributed by atoms with Crippen LogP contribution in [0.1, 0.15) is 102 Å². The molecule has 1 spiro atoms. The lowest BCUT2D eigenvalue weighted by Crippen LogP contribution is -2.56. The van der Waals surface area contributed by atoms with E-state index in [1.54, 1.807) is 0 Å². The molecule has 0 radical (unpaired) electrons. The van der Waals surface area contributed by atoms with Crippen LogP contribution in [0.2, 0.25) is 0 Å². The first kappa shape index (κ1) is 29.1. The van der Waals surface area contributed by atoms with Gasteiger partial charge in [0.2, 0.25) is 0 Å². The highest BCUT2D eigenvalue weighted by Gasteiger charge is 2.62. The van der Waals surface area contributed by atoms with Crippen LogP contribution in [0.25, 0.3) is 0 Å². The Balaban J connectivity index is 0.00000151. The molecule has 1 aromatic rings. The Labute approximate surface area is 236 Å². The molecule has 4 saturated carbocycles. The standard InChI is InChI=1S/C33H48O4.CH4O/c1-23(8-7-19-35-30(34)24-9-5-4-6-10-24)27-13-14-28-26-12-11-25-22-33(36-20-21-37-33)18-17-31(25,2)29(26)15-16-32(27,28)3;1-2/h4-6,9-10,23,25-29H,7-8,11-22H2,1-3H3;2H,1H3/t23?,25-,26?,27?,28?,29?,31?,32?;/m0./s1. The number of rotatable bonds is 6. The number of aliphatic hydroxyl groups excluding tert-OH is 1. The third-order valence-corrected chi connectivity index (χ3v) is 12.3. The van der Waals surface area contributed by atoms with Gasteiger partial charge in [0, 0.05) is 20.0 Å². The number of carbonyl (C=O) groups excluding carboxylic acids is 1. The van der Waals surface area contributed by atoms with Crippen molar-refractivity contribution in [2.24, 2.45) is 46.3 Å². The highest BCUT2D eigenvalue weighted by molar-refractivity contribution is 5.89. The lowest BCUT2D eigenvalue weighted by atomic mass is 9.44. The molecule has 1 aromatic carbocycles. The summed E-state index contributed by atoms with van der Waals surface area (Å²) in [5.41, 5.74) is 1.60. The molecule has 7 unspecified atom stereocenters. The van der Waals surface area contributed by atoms with Gasteiger partial charge in [0.15, 0.2) is 5.79 Å². The maximum Gasteiger partial charge on any atom is 0.338 e. The van der Waals surface area contributed by atoms with Crippen LogP contribution in [-0.4, -0.2) is 43.8 Å². The quantitative estimate of drug-likeness (QED) is 0.304. The number of carbonyl (C=O) groups is 1. The van der Waals surface area contributed by atoms with Crippen molar-refractivity contribution in [3.63, 3.8) is 0 Å². The number of ether oxygens (including phenoxy) is 3. The highest BCUT2D eigenvalue weighted by Crippen LogP contribution is 2.69. The Morgan fingerprint density at radius 2 is 1.67 bits per heavy atom. The number of aliphatic hydroxyl groups is 1. The third-order valence-electron chi connectivity index (χ3n) is 12.3. The summed E-state index contributed by atoms with van der Waals surface area (Å²) in [6, 6.07) is 9.37. The summed E-state index contributed by atoms with van der Waals surface area (Å²) < 4.78 is 17.9. The molecular formula is C34H52O5. The molecule has 218 valence electrons. The second-order valence-corrected chi connectivity index (χ2v) is 13.8. The molecule has 5 aliphatic rings. The van der Waals surface area contributed by atoms with Gasteiger partial charge in [0.05, 0.1) is 25.4 Å². The molecule has 1 heterocycles. The Kier molecular flexibility index (Phi) is 8.81. The normalized spacial score (nSPS) is 39.1. The second kappa shape index (κ2) is 11.8. The van der Waals surface area contributed by atoms with Gasteiger partial charge < -0.3 is 19.3 Å². The molecule has 0 aromatic heterocycles. The fourth-order valence-corrected chi connectivity index (χ4v) is 10.4. The number of hydrogen-bond acceptors (Lipinski definition) is 5. The van der Waals surface area contributed by atoms with Gasteiger partial charge in [-0.2, -0.15) is 0 Å². The molecule has 5 nitrogen and oxygen atoms in total. The van der Waals surface area contributed by atoms with Crippen molar-refractivity contribution in [3.8, 4) is 0 Å². The first-order valence-corrected chi connectivity index (χ1v) is 15.8. The zero-order valence-electron chi connectivity index (χ0n) is 24.8. The summed E-state index contributed by atoms with van der Waals surface area (Å²) >= 11 is 0. The minimum absolute atomic E-state index is 0.191. The zero-order valence-corrected chi connectivity index (χ0v) is 24.8. The van der Waals surface area contributed by atoms with E-state index in [0.717, 1.165) is 75.6 Å². The van der Waals surface area contributed by atoms with Crippen molar-refractivity contribution in [2.75, 3.05) is 26.9 Å². The average Bonchev–Trinajstić information content (AvgIpc) is 3.57. The van der Waals surface area contributed by atoms with Crippen LogP contribution in [-0.2, 0) is 14.2 Å². The maximum atomic E-state index is 12.3. The van der Waals surface area contributed by atoms with Gasteiger partial charge in [-0.05, 0) is 116 Å². The van der Waals surface area contributed by atoms with Crippen LogP contribution < -0.4 is 0 Å². The SMILES string of the molecule is CC(CCCOC(=O)c1ccccc1)C1CCC2C3CC[C@H]4CC5(CCC4(C)C3CCC12C)OCCO5.CO. The molecule has 1 saturated heterocycles. The fraction of sp³-hybridized carbons (Fsp3) is 0.794. The van der Waals surface area contributed by atoms with E-state index in [4.69, 9.17) is 19.3 Å². The van der Waals surface area contributed by atoms with E-state index < -0.39 is 0 Å². The largest absolute Gasteiger partial charge is 0.462 e. The van der Waals surface area contributed by atoms with Gasteiger partial charge in [0.1, 0.15) is 0 Å². The Hall–Kier alpha value is -1.43. The van der Waals surface area contributed by atoms with Crippen molar-refractivity contribution in [1.29, 1.82) is 0 Å². The summed E-state index contributed by atoms with van der Waals surface area (Å²) in [4.78, 5) is 12.3. The van der Waals surface area contributed by atoms with Crippen LogP contribution in [0, 0.1) is 46.3 Å². The van der Waals surface area contributed by atoms with Crippen molar-refractivity contribution < 1.29 is 24.1 Å². The first-order valence-electron chi connectivity index (χ1n) is 15.8. The van der Waals surface area contributed by atoms with Crippen molar-refractivity contribution >= 4 is 5.97 Å². The smallest absolute Gasteiger partial charge is 0.338 e. The van der Waals surface area contributed by atoms with Gasteiger partial charge in [-0.1, -0.05) is 39.0 Å².